The molecular weight excluding hydrogens is 412 g/mol. The first-order chi connectivity index (χ1) is 16.0. The molecule has 1 aromatic carbocycles. The first kappa shape index (κ1) is 21.8. The summed E-state index contributed by atoms with van der Waals surface area (Å²) in [6, 6.07) is 11.9. The minimum absolute atomic E-state index is 0.0245. The van der Waals surface area contributed by atoms with Gasteiger partial charge in [-0.1, -0.05) is 49.3 Å². The summed E-state index contributed by atoms with van der Waals surface area (Å²) >= 11 is 0. The Hall–Kier alpha value is -2.99. The fraction of sp³-hybridized carbons (Fsp3) is 0.444. The molecule has 1 spiro atoms. The molecule has 2 aromatic rings. The van der Waals surface area contributed by atoms with Gasteiger partial charge in [-0.15, -0.1) is 0 Å². The van der Waals surface area contributed by atoms with Gasteiger partial charge in [-0.25, -0.2) is 4.98 Å². The van der Waals surface area contributed by atoms with Gasteiger partial charge < -0.3 is 10.2 Å². The van der Waals surface area contributed by atoms with Crippen LogP contribution in [0.3, 0.4) is 0 Å². The molecule has 1 saturated carbocycles. The second kappa shape index (κ2) is 9.10. The van der Waals surface area contributed by atoms with Gasteiger partial charge in [-0.2, -0.15) is 0 Å². The second-order valence-corrected chi connectivity index (χ2v) is 9.65. The summed E-state index contributed by atoms with van der Waals surface area (Å²) in [6.07, 6.45) is 11.7. The van der Waals surface area contributed by atoms with Crippen LogP contribution in [0.25, 0.3) is 6.08 Å². The highest BCUT2D eigenvalue weighted by Gasteiger charge is 2.48. The lowest BCUT2D eigenvalue weighted by Crippen LogP contribution is -2.63. The Kier molecular flexibility index (Phi) is 6.02. The molecule has 2 heterocycles. The minimum atomic E-state index is -0.259. The van der Waals surface area contributed by atoms with E-state index in [1.807, 2.05) is 23.1 Å². The van der Waals surface area contributed by atoms with E-state index in [2.05, 4.69) is 52.6 Å². The Morgan fingerprint density at radius 2 is 1.97 bits per heavy atom. The van der Waals surface area contributed by atoms with Crippen molar-refractivity contribution < 1.29 is 9.59 Å². The lowest BCUT2D eigenvalue weighted by molar-refractivity contribution is -0.149. The third kappa shape index (κ3) is 4.32. The molecular formula is C27H32N4O2. The minimum Gasteiger partial charge on any atom is -0.336 e. The topological polar surface area (TPSA) is 65.5 Å². The Labute approximate surface area is 195 Å². The second-order valence-electron chi connectivity index (χ2n) is 9.65. The molecule has 6 heteroatoms. The monoisotopic (exact) mass is 444 g/mol. The molecule has 0 radical (unpaired) electrons. The van der Waals surface area contributed by atoms with Crippen LogP contribution in [0.1, 0.15) is 42.4 Å². The van der Waals surface area contributed by atoms with Gasteiger partial charge in [0.05, 0.1) is 0 Å². The van der Waals surface area contributed by atoms with Crippen LogP contribution in [0.15, 0.2) is 48.7 Å². The van der Waals surface area contributed by atoms with Crippen LogP contribution in [0.2, 0.25) is 0 Å². The number of amides is 2. The van der Waals surface area contributed by atoms with Gasteiger partial charge in [0, 0.05) is 31.7 Å². The normalized spacial score (nSPS) is 22.3. The van der Waals surface area contributed by atoms with Crippen molar-refractivity contribution in [3.8, 4) is 0 Å². The Morgan fingerprint density at radius 1 is 1.15 bits per heavy atom. The fourth-order valence-electron chi connectivity index (χ4n) is 5.68. The highest BCUT2D eigenvalue weighted by molar-refractivity contribution is 5.92. The number of carbonyl (C=O) groups is 2. The molecule has 172 valence electrons. The zero-order valence-corrected chi connectivity index (χ0v) is 19.3. The Bertz CT molecular complexity index is 1060. The molecule has 1 atom stereocenters. The highest BCUT2D eigenvalue weighted by Crippen LogP contribution is 2.38. The smallest absolute Gasteiger partial charge is 0.243 e. The maximum atomic E-state index is 13.2. The number of anilines is 1. The number of piperazine rings is 1. The summed E-state index contributed by atoms with van der Waals surface area (Å²) in [5.41, 5.74) is 3.34. The van der Waals surface area contributed by atoms with Crippen molar-refractivity contribution in [3.05, 3.63) is 65.4 Å². The number of nitrogens with one attached hydrogen (secondary N) is 1. The van der Waals surface area contributed by atoms with Crippen molar-refractivity contribution in [1.82, 2.24) is 14.8 Å². The van der Waals surface area contributed by atoms with Gasteiger partial charge in [0.2, 0.25) is 11.8 Å². The van der Waals surface area contributed by atoms with Crippen LogP contribution < -0.4 is 5.32 Å². The Morgan fingerprint density at radius 3 is 2.76 bits per heavy atom. The van der Waals surface area contributed by atoms with Gasteiger partial charge in [-0.3, -0.25) is 14.5 Å². The van der Waals surface area contributed by atoms with Crippen LogP contribution in [0.5, 0.6) is 0 Å². The van der Waals surface area contributed by atoms with E-state index in [1.54, 1.807) is 6.20 Å². The molecule has 2 fully saturated rings. The van der Waals surface area contributed by atoms with Crippen molar-refractivity contribution >= 4 is 23.7 Å². The van der Waals surface area contributed by atoms with E-state index in [0.29, 0.717) is 18.3 Å². The number of fused-ring (bicyclic) bond motifs is 1. The van der Waals surface area contributed by atoms with Gasteiger partial charge in [0.25, 0.3) is 0 Å². The number of rotatable bonds is 5. The summed E-state index contributed by atoms with van der Waals surface area (Å²) in [7, 11) is 2.10. The number of carbonyl (C=O) groups excluding carboxylic acids is 2. The van der Waals surface area contributed by atoms with Gasteiger partial charge in [-0.05, 0) is 61.6 Å². The van der Waals surface area contributed by atoms with Crippen LogP contribution in [0, 0.1) is 5.92 Å². The van der Waals surface area contributed by atoms with Crippen molar-refractivity contribution in [2.45, 2.75) is 44.1 Å². The van der Waals surface area contributed by atoms with E-state index in [0.717, 1.165) is 57.2 Å². The number of hydrogen-bond acceptors (Lipinski definition) is 4. The average Bonchev–Trinajstić information content (AvgIpc) is 3.48. The molecule has 1 aromatic heterocycles. The quantitative estimate of drug-likeness (QED) is 0.766. The fourth-order valence-corrected chi connectivity index (χ4v) is 5.68. The largest absolute Gasteiger partial charge is 0.336 e. The summed E-state index contributed by atoms with van der Waals surface area (Å²) in [4.78, 5) is 34.4. The zero-order valence-electron chi connectivity index (χ0n) is 19.3. The molecule has 1 saturated heterocycles. The predicted molar refractivity (Wildman–Crippen MR) is 130 cm³/mol. The third-order valence-electron chi connectivity index (χ3n) is 7.64. The van der Waals surface area contributed by atoms with E-state index in [4.69, 9.17) is 0 Å². The standard InChI is InChI=1S/C27H32N4O2/c1-30-15-16-31(26(33)27(30)11-3-4-12-27)14-6-7-20-9-10-21-18-23(19-22(21)17-20)25(32)29-24-8-2-5-13-28-24/h2,5-10,13,17,23H,3-4,11-12,14-16,18-19H2,1H3,(H,28,29,32)/b7-6+. The van der Waals surface area contributed by atoms with E-state index < -0.39 is 0 Å². The molecule has 3 aliphatic rings. The molecule has 5 rings (SSSR count). The maximum Gasteiger partial charge on any atom is 0.243 e. The number of nitrogens with zero attached hydrogens (tertiary/aromatic N) is 3. The maximum absolute atomic E-state index is 13.2. The predicted octanol–water partition coefficient (Wildman–Crippen LogP) is 3.54. The van der Waals surface area contributed by atoms with Crippen LogP contribution in [0.4, 0.5) is 5.82 Å². The van der Waals surface area contributed by atoms with Crippen LogP contribution in [-0.2, 0) is 22.4 Å². The van der Waals surface area contributed by atoms with E-state index in [1.165, 1.54) is 11.1 Å². The Balaban J connectivity index is 1.19. The lowest BCUT2D eigenvalue weighted by Gasteiger charge is -2.46. The first-order valence-electron chi connectivity index (χ1n) is 12.1. The molecule has 6 nitrogen and oxygen atoms in total. The summed E-state index contributed by atoms with van der Waals surface area (Å²) in [6.45, 7) is 2.39. The number of hydrogen-bond donors (Lipinski definition) is 1. The molecule has 2 amide bonds. The zero-order chi connectivity index (χ0) is 22.8. The molecule has 1 unspecified atom stereocenters. The summed E-state index contributed by atoms with van der Waals surface area (Å²) < 4.78 is 0. The molecule has 0 bridgehead atoms. The molecule has 1 aliphatic heterocycles. The number of benzene rings is 1. The van der Waals surface area contributed by atoms with E-state index in [-0.39, 0.29) is 17.4 Å². The number of pyridine rings is 1. The van der Waals surface area contributed by atoms with Gasteiger partial charge >= 0.3 is 0 Å². The van der Waals surface area contributed by atoms with Crippen molar-refractivity contribution in [2.75, 3.05) is 32.0 Å². The lowest BCUT2D eigenvalue weighted by atomic mass is 9.91. The van der Waals surface area contributed by atoms with Crippen LogP contribution in [-0.4, -0.2) is 58.8 Å². The van der Waals surface area contributed by atoms with E-state index in [9.17, 15) is 9.59 Å². The average molecular weight is 445 g/mol. The molecule has 33 heavy (non-hydrogen) atoms. The van der Waals surface area contributed by atoms with Crippen molar-refractivity contribution in [1.29, 1.82) is 0 Å². The van der Waals surface area contributed by atoms with Crippen molar-refractivity contribution in [2.24, 2.45) is 5.92 Å². The SMILES string of the molecule is CN1CCN(C/C=C/c2ccc3c(c2)CC(C(=O)Nc2ccccn2)C3)C(=O)C12CCCC2. The van der Waals surface area contributed by atoms with Gasteiger partial charge in [0.1, 0.15) is 11.4 Å². The number of aromatic nitrogens is 1. The first-order valence-corrected chi connectivity index (χ1v) is 12.1. The summed E-state index contributed by atoms with van der Waals surface area (Å²) in [5.74, 6) is 0.859. The summed E-state index contributed by atoms with van der Waals surface area (Å²) in [5, 5.41) is 2.93. The third-order valence-corrected chi connectivity index (χ3v) is 7.64. The van der Waals surface area contributed by atoms with Crippen molar-refractivity contribution in [3.63, 3.8) is 0 Å². The van der Waals surface area contributed by atoms with Crippen LogP contribution >= 0.6 is 0 Å². The molecule has 2 aliphatic carbocycles. The highest BCUT2D eigenvalue weighted by atomic mass is 16.2. The van der Waals surface area contributed by atoms with E-state index >= 15 is 0 Å². The molecule has 1 N–H and O–H groups in total. The number of likely N-dealkylation sites (N-methyl/N-ethyl adjacent to an activating group) is 1. The van der Waals surface area contributed by atoms with Gasteiger partial charge in [0.15, 0.2) is 0 Å².